The molecule has 19 heavy (non-hydrogen) atoms. The van der Waals surface area contributed by atoms with Crippen molar-refractivity contribution in [1.29, 1.82) is 0 Å². The van der Waals surface area contributed by atoms with Crippen LogP contribution < -0.4 is 4.74 Å². The fraction of sp³-hybridized carbons (Fsp3) is 0. The number of ether oxygens (including phenoxy) is 1. The zero-order chi connectivity index (χ0) is 13.8. The van der Waals surface area contributed by atoms with E-state index in [1.165, 1.54) is 36.5 Å². The highest BCUT2D eigenvalue weighted by Gasteiger charge is 2.14. The zero-order valence-corrected chi connectivity index (χ0v) is 9.50. The zero-order valence-electron chi connectivity index (χ0n) is 9.50. The summed E-state index contributed by atoms with van der Waals surface area (Å²) in [6.45, 7) is 6.81. The Labute approximate surface area is 107 Å². The number of nitrogens with zero attached hydrogens (tertiary/aromatic N) is 2. The molecule has 2 aromatic rings. The molecule has 94 valence electrons. The van der Waals surface area contributed by atoms with Gasteiger partial charge in [0, 0.05) is 6.20 Å². The van der Waals surface area contributed by atoms with Crippen molar-refractivity contribution in [3.05, 3.63) is 59.3 Å². The summed E-state index contributed by atoms with van der Waals surface area (Å²) >= 11 is 0. The van der Waals surface area contributed by atoms with Gasteiger partial charge in [-0.25, -0.2) is 19.0 Å². The Bertz CT molecular complexity index is 663. The van der Waals surface area contributed by atoms with E-state index in [1.807, 2.05) is 0 Å². The summed E-state index contributed by atoms with van der Waals surface area (Å²) in [5.74, 6) is -1.57. The first-order chi connectivity index (χ1) is 9.10. The number of aromatic nitrogens is 1. The molecule has 0 atom stereocenters. The molecule has 5 nitrogen and oxygen atoms in total. The minimum atomic E-state index is -1.25. The van der Waals surface area contributed by atoms with Crippen LogP contribution in [0.15, 0.2) is 36.5 Å². The third-order valence-corrected chi connectivity index (χ3v) is 2.22. The molecule has 1 aromatic heterocycles. The van der Waals surface area contributed by atoms with Gasteiger partial charge in [0.1, 0.15) is 17.1 Å². The number of pyridine rings is 1. The highest BCUT2D eigenvalue weighted by Crippen LogP contribution is 2.26. The lowest BCUT2D eigenvalue weighted by molar-refractivity contribution is 0.0693. The normalized spacial score (nSPS) is 9.68. The molecule has 0 unspecified atom stereocenters. The monoisotopic (exact) mass is 258 g/mol. The van der Waals surface area contributed by atoms with E-state index in [0.29, 0.717) is 0 Å². The van der Waals surface area contributed by atoms with Crippen LogP contribution in [0.4, 0.5) is 10.1 Å². The van der Waals surface area contributed by atoms with E-state index >= 15 is 0 Å². The van der Waals surface area contributed by atoms with Crippen molar-refractivity contribution >= 4 is 11.7 Å². The Balaban J connectivity index is 2.37. The summed E-state index contributed by atoms with van der Waals surface area (Å²) < 4.78 is 18.0. The average molecular weight is 258 g/mol. The number of rotatable bonds is 3. The number of aromatic carboxylic acids is 1. The topological polar surface area (TPSA) is 63.8 Å². The summed E-state index contributed by atoms with van der Waals surface area (Å²) in [4.78, 5) is 17.9. The van der Waals surface area contributed by atoms with Gasteiger partial charge in [0.2, 0.25) is 11.6 Å². The number of carbonyl (C=O) groups is 1. The molecule has 6 heteroatoms. The van der Waals surface area contributed by atoms with Crippen LogP contribution in [0, 0.1) is 12.4 Å². The van der Waals surface area contributed by atoms with Gasteiger partial charge in [0.15, 0.2) is 0 Å². The first kappa shape index (κ1) is 12.5. The highest BCUT2D eigenvalue weighted by molar-refractivity contribution is 5.91. The molecule has 0 radical (unpaired) electrons. The van der Waals surface area contributed by atoms with Crippen LogP contribution in [0.2, 0.25) is 0 Å². The van der Waals surface area contributed by atoms with E-state index < -0.39 is 11.8 Å². The molecule has 0 saturated carbocycles. The van der Waals surface area contributed by atoms with E-state index in [-0.39, 0.29) is 22.9 Å². The van der Waals surface area contributed by atoms with Gasteiger partial charge in [-0.2, -0.15) is 0 Å². The molecular formula is C13H7FN2O3. The maximum absolute atomic E-state index is 12.7. The molecule has 1 aromatic carbocycles. The van der Waals surface area contributed by atoms with Gasteiger partial charge >= 0.3 is 5.97 Å². The first-order valence-electron chi connectivity index (χ1n) is 5.14. The molecule has 0 aliphatic heterocycles. The van der Waals surface area contributed by atoms with E-state index in [0.717, 1.165) is 0 Å². The number of hydrogen-bond donors (Lipinski definition) is 1. The Morgan fingerprint density at radius 1 is 1.37 bits per heavy atom. The van der Waals surface area contributed by atoms with E-state index in [4.69, 9.17) is 16.4 Å². The Morgan fingerprint density at radius 2 is 2.05 bits per heavy atom. The van der Waals surface area contributed by atoms with E-state index in [1.54, 1.807) is 0 Å². The highest BCUT2D eigenvalue weighted by atomic mass is 19.1. The van der Waals surface area contributed by atoms with Crippen LogP contribution in [-0.2, 0) is 0 Å². The molecule has 0 aliphatic rings. The largest absolute Gasteiger partial charge is 0.478 e. The van der Waals surface area contributed by atoms with Gasteiger partial charge in [-0.05, 0) is 30.3 Å². The molecule has 1 heterocycles. The Hall–Kier alpha value is -2.94. The second-order valence-electron chi connectivity index (χ2n) is 3.52. The van der Waals surface area contributed by atoms with Crippen molar-refractivity contribution in [3.63, 3.8) is 0 Å². The fourth-order valence-corrected chi connectivity index (χ4v) is 1.35. The molecule has 1 N–H and O–H groups in total. The molecule has 0 fully saturated rings. The van der Waals surface area contributed by atoms with Gasteiger partial charge < -0.3 is 9.84 Å². The maximum Gasteiger partial charge on any atom is 0.339 e. The molecule has 0 aliphatic carbocycles. The van der Waals surface area contributed by atoms with Gasteiger partial charge in [-0.1, -0.05) is 0 Å². The predicted octanol–water partition coefficient (Wildman–Crippen LogP) is 3.26. The predicted molar refractivity (Wildman–Crippen MR) is 63.9 cm³/mol. The molecule has 0 amide bonds. The van der Waals surface area contributed by atoms with Gasteiger partial charge in [0.05, 0.1) is 6.57 Å². The smallest absolute Gasteiger partial charge is 0.339 e. The first-order valence-corrected chi connectivity index (χ1v) is 5.14. The number of benzene rings is 1. The van der Waals surface area contributed by atoms with Crippen molar-refractivity contribution in [2.45, 2.75) is 0 Å². The number of halogens is 1. The van der Waals surface area contributed by atoms with Crippen molar-refractivity contribution in [2.24, 2.45) is 0 Å². The van der Waals surface area contributed by atoms with E-state index in [9.17, 15) is 9.18 Å². The fourth-order valence-electron chi connectivity index (χ4n) is 1.35. The van der Waals surface area contributed by atoms with Crippen LogP contribution in [0.3, 0.4) is 0 Å². The van der Waals surface area contributed by atoms with Crippen LogP contribution >= 0.6 is 0 Å². The second-order valence-corrected chi connectivity index (χ2v) is 3.52. The van der Waals surface area contributed by atoms with Crippen LogP contribution in [0.5, 0.6) is 11.6 Å². The van der Waals surface area contributed by atoms with Crippen molar-refractivity contribution in [3.8, 4) is 11.6 Å². The summed E-state index contributed by atoms with van der Waals surface area (Å²) in [5, 5.41) is 9.02. The van der Waals surface area contributed by atoms with Crippen LogP contribution in [0.25, 0.3) is 4.85 Å². The third kappa shape index (κ3) is 2.84. The Morgan fingerprint density at radius 3 is 2.63 bits per heavy atom. The lowest BCUT2D eigenvalue weighted by atomic mass is 10.2. The third-order valence-electron chi connectivity index (χ3n) is 2.22. The van der Waals surface area contributed by atoms with E-state index in [2.05, 4.69) is 9.83 Å². The molecule has 0 bridgehead atoms. The number of carboxylic acid groups (broad SMARTS) is 1. The van der Waals surface area contributed by atoms with Gasteiger partial charge in [0.25, 0.3) is 0 Å². The summed E-state index contributed by atoms with van der Waals surface area (Å²) in [7, 11) is 0. The molecular weight excluding hydrogens is 251 g/mol. The number of carboxylic acids is 1. The molecule has 2 rings (SSSR count). The number of hydrogen-bond acceptors (Lipinski definition) is 3. The lowest BCUT2D eigenvalue weighted by Crippen LogP contribution is -2.01. The maximum atomic E-state index is 12.7. The minimum absolute atomic E-state index is 0.101. The SMILES string of the molecule is [C-]#[N+]c1cnc(Oc2ccc(F)cc2)c(C(=O)O)c1. The minimum Gasteiger partial charge on any atom is -0.478 e. The summed E-state index contributed by atoms with van der Waals surface area (Å²) in [6.07, 6.45) is 1.21. The standard InChI is InChI=1S/C13H7FN2O3/c1-15-9-6-11(13(17)18)12(16-7-9)19-10-4-2-8(14)3-5-10/h2-7H,(H,17,18). The summed E-state index contributed by atoms with van der Waals surface area (Å²) in [6, 6.07) is 6.24. The molecule has 0 saturated heterocycles. The van der Waals surface area contributed by atoms with Gasteiger partial charge in [-0.3, -0.25) is 0 Å². The average Bonchev–Trinajstić information content (AvgIpc) is 2.41. The van der Waals surface area contributed by atoms with Crippen LogP contribution in [-0.4, -0.2) is 16.1 Å². The second kappa shape index (κ2) is 5.14. The molecule has 0 spiro atoms. The van der Waals surface area contributed by atoms with Crippen molar-refractivity contribution < 1.29 is 19.0 Å². The van der Waals surface area contributed by atoms with Crippen LogP contribution in [0.1, 0.15) is 10.4 Å². The summed E-state index contributed by atoms with van der Waals surface area (Å²) in [5.41, 5.74) is -0.123. The van der Waals surface area contributed by atoms with Gasteiger partial charge in [-0.15, -0.1) is 0 Å². The van der Waals surface area contributed by atoms with Crippen molar-refractivity contribution in [2.75, 3.05) is 0 Å². The Kier molecular flexibility index (Phi) is 3.39. The quantitative estimate of drug-likeness (QED) is 0.858. The van der Waals surface area contributed by atoms with Crippen molar-refractivity contribution in [1.82, 2.24) is 4.98 Å². The lowest BCUT2D eigenvalue weighted by Gasteiger charge is -2.07.